The Morgan fingerprint density at radius 1 is 1.20 bits per heavy atom. The summed E-state index contributed by atoms with van der Waals surface area (Å²) in [6, 6.07) is 3.67. The van der Waals surface area contributed by atoms with E-state index in [0.29, 0.717) is 10.4 Å². The molecule has 3 rings (SSSR count). The smallest absolute Gasteiger partial charge is 0.408 e. The number of halogens is 3. The standard InChI is InChI=1S/C13H12F3N3O5S/c14-13(15,16)7-18-3-4-19(6-11(18)20)25(22,23)8-1-2-9-10(5-8)24-12(21)17-9/h1-2,5H,3-4,6-7H2,(H,17,21). The number of rotatable bonds is 3. The zero-order valence-electron chi connectivity index (χ0n) is 12.5. The van der Waals surface area contributed by atoms with E-state index < -0.39 is 41.0 Å². The summed E-state index contributed by atoms with van der Waals surface area (Å²) in [5.41, 5.74) is 0.322. The Morgan fingerprint density at radius 2 is 1.92 bits per heavy atom. The number of amides is 1. The number of aromatic amines is 1. The van der Waals surface area contributed by atoms with Gasteiger partial charge < -0.3 is 9.32 Å². The fraction of sp³-hybridized carbons (Fsp3) is 0.385. The molecule has 1 aliphatic heterocycles. The van der Waals surface area contributed by atoms with Crippen molar-refractivity contribution in [2.24, 2.45) is 0 Å². The van der Waals surface area contributed by atoms with Gasteiger partial charge in [0.25, 0.3) is 0 Å². The van der Waals surface area contributed by atoms with E-state index >= 15 is 0 Å². The maximum atomic E-state index is 12.6. The first-order chi connectivity index (χ1) is 11.6. The number of oxazole rings is 1. The van der Waals surface area contributed by atoms with Crippen LogP contribution >= 0.6 is 0 Å². The largest absolute Gasteiger partial charge is 0.417 e. The Kier molecular flexibility index (Phi) is 4.11. The summed E-state index contributed by atoms with van der Waals surface area (Å²) >= 11 is 0. The number of carbonyl (C=O) groups is 1. The lowest BCUT2D eigenvalue weighted by molar-refractivity contribution is -0.164. The van der Waals surface area contributed by atoms with E-state index in [1.54, 1.807) is 0 Å². The second-order valence-electron chi connectivity index (χ2n) is 5.44. The van der Waals surface area contributed by atoms with Gasteiger partial charge in [-0.15, -0.1) is 0 Å². The number of hydrogen-bond acceptors (Lipinski definition) is 5. The first kappa shape index (κ1) is 17.5. The lowest BCUT2D eigenvalue weighted by atomic mass is 10.3. The molecule has 2 heterocycles. The Labute approximate surface area is 138 Å². The van der Waals surface area contributed by atoms with Crippen molar-refractivity contribution >= 4 is 27.0 Å². The summed E-state index contributed by atoms with van der Waals surface area (Å²) < 4.78 is 67.9. The molecule has 1 aromatic carbocycles. The number of nitrogens with zero attached hydrogens (tertiary/aromatic N) is 2. The van der Waals surface area contributed by atoms with Crippen molar-refractivity contribution in [1.29, 1.82) is 0 Å². The van der Waals surface area contributed by atoms with Gasteiger partial charge in [0, 0.05) is 19.2 Å². The first-order valence-electron chi connectivity index (χ1n) is 7.04. The molecule has 0 spiro atoms. The van der Waals surface area contributed by atoms with Crippen LogP contribution in [-0.2, 0) is 14.8 Å². The minimum Gasteiger partial charge on any atom is -0.408 e. The van der Waals surface area contributed by atoms with Crippen LogP contribution < -0.4 is 5.76 Å². The number of nitrogens with one attached hydrogen (secondary N) is 1. The summed E-state index contributed by atoms with van der Waals surface area (Å²) in [6.45, 7) is -2.73. The molecule has 0 aliphatic carbocycles. The van der Waals surface area contributed by atoms with Gasteiger partial charge in [-0.05, 0) is 12.1 Å². The number of piperazine rings is 1. The molecule has 0 atom stereocenters. The van der Waals surface area contributed by atoms with Crippen molar-refractivity contribution in [3.63, 3.8) is 0 Å². The molecule has 1 saturated heterocycles. The van der Waals surface area contributed by atoms with Gasteiger partial charge in [-0.2, -0.15) is 17.5 Å². The molecule has 136 valence electrons. The minimum atomic E-state index is -4.55. The minimum absolute atomic E-state index is 0.0214. The second-order valence-corrected chi connectivity index (χ2v) is 7.38. The van der Waals surface area contributed by atoms with E-state index in [1.165, 1.54) is 12.1 Å². The van der Waals surface area contributed by atoms with Crippen molar-refractivity contribution < 1.29 is 30.8 Å². The third kappa shape index (κ3) is 3.54. The monoisotopic (exact) mass is 379 g/mol. The molecule has 2 aromatic rings. The van der Waals surface area contributed by atoms with E-state index in [-0.39, 0.29) is 23.6 Å². The van der Waals surface area contributed by atoms with Gasteiger partial charge >= 0.3 is 11.9 Å². The molecular weight excluding hydrogens is 367 g/mol. The van der Waals surface area contributed by atoms with Crippen LogP contribution in [-0.4, -0.2) is 60.9 Å². The van der Waals surface area contributed by atoms with Gasteiger partial charge in [0.05, 0.1) is 17.0 Å². The lowest BCUT2D eigenvalue weighted by Crippen LogP contribution is -2.54. The first-order valence-corrected chi connectivity index (χ1v) is 8.48. The molecule has 0 bridgehead atoms. The molecule has 1 aromatic heterocycles. The summed E-state index contributed by atoms with van der Waals surface area (Å²) in [7, 11) is -4.12. The Morgan fingerprint density at radius 3 is 2.56 bits per heavy atom. The molecule has 0 saturated carbocycles. The molecular formula is C13H12F3N3O5S. The van der Waals surface area contributed by atoms with Gasteiger partial charge in [0.1, 0.15) is 6.54 Å². The van der Waals surface area contributed by atoms with Crippen molar-refractivity contribution in [3.05, 3.63) is 28.7 Å². The average Bonchev–Trinajstić information content (AvgIpc) is 2.87. The molecule has 1 aliphatic rings. The van der Waals surface area contributed by atoms with Gasteiger partial charge in [0.2, 0.25) is 15.9 Å². The predicted molar refractivity (Wildman–Crippen MR) is 78.2 cm³/mol. The van der Waals surface area contributed by atoms with E-state index in [1.807, 2.05) is 0 Å². The predicted octanol–water partition coefficient (Wildman–Crippen LogP) is 0.516. The second kappa shape index (κ2) is 5.88. The van der Waals surface area contributed by atoms with E-state index in [4.69, 9.17) is 4.42 Å². The van der Waals surface area contributed by atoms with E-state index in [9.17, 15) is 31.2 Å². The summed E-state index contributed by atoms with van der Waals surface area (Å²) in [6.07, 6.45) is -4.55. The third-order valence-corrected chi connectivity index (χ3v) is 5.53. The summed E-state index contributed by atoms with van der Waals surface area (Å²) in [4.78, 5) is 25.7. The molecule has 25 heavy (non-hydrogen) atoms. The molecule has 12 heteroatoms. The van der Waals surface area contributed by atoms with Crippen molar-refractivity contribution in [2.45, 2.75) is 11.1 Å². The maximum Gasteiger partial charge on any atom is 0.417 e. The third-order valence-electron chi connectivity index (χ3n) is 3.68. The zero-order valence-corrected chi connectivity index (χ0v) is 13.4. The van der Waals surface area contributed by atoms with Crippen molar-refractivity contribution in [3.8, 4) is 0 Å². The number of hydrogen-bond donors (Lipinski definition) is 1. The van der Waals surface area contributed by atoms with Crippen LogP contribution in [0.5, 0.6) is 0 Å². The number of sulfonamides is 1. The lowest BCUT2D eigenvalue weighted by Gasteiger charge is -2.33. The van der Waals surface area contributed by atoms with Gasteiger partial charge in [-0.25, -0.2) is 13.2 Å². The van der Waals surface area contributed by atoms with E-state index in [0.717, 1.165) is 10.4 Å². The highest BCUT2D eigenvalue weighted by Gasteiger charge is 2.38. The number of alkyl halides is 3. The molecule has 1 amide bonds. The van der Waals surface area contributed by atoms with Gasteiger partial charge in [-0.3, -0.25) is 9.78 Å². The highest BCUT2D eigenvalue weighted by atomic mass is 32.2. The molecule has 1 N–H and O–H groups in total. The SMILES string of the molecule is O=C1CN(S(=O)(=O)c2ccc3[nH]c(=O)oc3c2)CCN1CC(F)(F)F. The number of carbonyl (C=O) groups excluding carboxylic acids is 1. The van der Waals surface area contributed by atoms with Crippen LogP contribution in [0, 0.1) is 0 Å². The highest BCUT2D eigenvalue weighted by molar-refractivity contribution is 7.89. The summed E-state index contributed by atoms with van der Waals surface area (Å²) in [5.74, 6) is -1.68. The zero-order chi connectivity index (χ0) is 18.4. The van der Waals surface area contributed by atoms with Crippen LogP contribution in [0.2, 0.25) is 0 Å². The molecule has 1 fully saturated rings. The number of fused-ring (bicyclic) bond motifs is 1. The average molecular weight is 379 g/mol. The van der Waals surface area contributed by atoms with Crippen LogP contribution in [0.3, 0.4) is 0 Å². The number of benzene rings is 1. The van der Waals surface area contributed by atoms with Crippen LogP contribution in [0.4, 0.5) is 13.2 Å². The number of aromatic nitrogens is 1. The van der Waals surface area contributed by atoms with Crippen molar-refractivity contribution in [2.75, 3.05) is 26.2 Å². The normalized spacial score (nSPS) is 17.4. The Bertz CT molecular complexity index is 979. The topological polar surface area (TPSA) is 104 Å². The highest BCUT2D eigenvalue weighted by Crippen LogP contribution is 2.23. The number of H-pyrrole nitrogens is 1. The van der Waals surface area contributed by atoms with Crippen molar-refractivity contribution in [1.82, 2.24) is 14.2 Å². The Hall–Kier alpha value is -2.34. The van der Waals surface area contributed by atoms with Crippen LogP contribution in [0.25, 0.3) is 11.1 Å². The van der Waals surface area contributed by atoms with Gasteiger partial charge in [-0.1, -0.05) is 0 Å². The quantitative estimate of drug-likeness (QED) is 0.837. The summed E-state index contributed by atoms with van der Waals surface area (Å²) in [5, 5.41) is 0. The Balaban J connectivity index is 1.83. The maximum absolute atomic E-state index is 12.6. The van der Waals surface area contributed by atoms with Gasteiger partial charge in [0.15, 0.2) is 5.58 Å². The van der Waals surface area contributed by atoms with E-state index in [2.05, 4.69) is 4.98 Å². The molecule has 0 unspecified atom stereocenters. The fourth-order valence-corrected chi connectivity index (χ4v) is 3.91. The van der Waals surface area contributed by atoms with Crippen LogP contribution in [0.15, 0.2) is 32.3 Å². The van der Waals surface area contributed by atoms with Crippen LogP contribution in [0.1, 0.15) is 0 Å². The fourth-order valence-electron chi connectivity index (χ4n) is 2.51. The molecule has 8 nitrogen and oxygen atoms in total. The molecule has 0 radical (unpaired) electrons.